The lowest BCUT2D eigenvalue weighted by molar-refractivity contribution is 0.463. The van der Waals surface area contributed by atoms with Crippen molar-refractivity contribution in [2.75, 3.05) is 5.73 Å². The first-order valence-electron chi connectivity index (χ1n) is 5.13. The summed E-state index contributed by atoms with van der Waals surface area (Å²) in [7, 11) is 0. The van der Waals surface area contributed by atoms with Crippen LogP contribution in [0.3, 0.4) is 0 Å². The van der Waals surface area contributed by atoms with E-state index in [1.165, 1.54) is 0 Å². The highest BCUT2D eigenvalue weighted by molar-refractivity contribution is 5.38. The Hall–Kier alpha value is -2.54. The summed E-state index contributed by atoms with van der Waals surface area (Å²) in [5, 5.41) is 8.55. The molecule has 0 saturated carbocycles. The molecule has 2 N–H and O–H groups in total. The van der Waals surface area contributed by atoms with Crippen LogP contribution in [-0.2, 0) is 6.42 Å². The van der Waals surface area contributed by atoms with Gasteiger partial charge in [0.1, 0.15) is 5.75 Å². The summed E-state index contributed by atoms with van der Waals surface area (Å²) in [6.45, 7) is 0. The van der Waals surface area contributed by atoms with Gasteiger partial charge >= 0.3 is 0 Å². The van der Waals surface area contributed by atoms with Crippen molar-refractivity contribution >= 4 is 5.69 Å². The summed E-state index contributed by atoms with van der Waals surface area (Å²) in [4.78, 5) is 4.03. The largest absolute Gasteiger partial charge is 0.439 e. The van der Waals surface area contributed by atoms with Crippen LogP contribution in [0.4, 0.5) is 5.69 Å². The zero-order valence-electron chi connectivity index (χ0n) is 9.13. The fourth-order valence-electron chi connectivity index (χ4n) is 1.34. The van der Waals surface area contributed by atoms with Gasteiger partial charge in [0.2, 0.25) is 5.88 Å². The van der Waals surface area contributed by atoms with Crippen molar-refractivity contribution in [1.29, 1.82) is 5.26 Å². The summed E-state index contributed by atoms with van der Waals surface area (Å²) >= 11 is 0. The molecule has 1 aromatic carbocycles. The molecule has 0 aliphatic carbocycles. The highest BCUT2D eigenvalue weighted by atomic mass is 16.5. The average Bonchev–Trinajstić information content (AvgIpc) is 2.35. The number of nitrogens with two attached hydrogens (primary N) is 1. The summed E-state index contributed by atoms with van der Waals surface area (Å²) < 4.78 is 5.52. The Morgan fingerprint density at radius 2 is 1.94 bits per heavy atom. The van der Waals surface area contributed by atoms with Crippen LogP contribution < -0.4 is 10.5 Å². The molecule has 0 aliphatic rings. The van der Waals surface area contributed by atoms with Crippen LogP contribution in [0.15, 0.2) is 42.6 Å². The Morgan fingerprint density at radius 3 is 2.53 bits per heavy atom. The topological polar surface area (TPSA) is 71.9 Å². The minimum atomic E-state index is 0.403. The fourth-order valence-corrected chi connectivity index (χ4v) is 1.34. The number of nitriles is 1. The smallest absolute Gasteiger partial charge is 0.219 e. The van der Waals surface area contributed by atoms with Crippen LogP contribution in [0.25, 0.3) is 0 Å². The molecule has 0 radical (unpaired) electrons. The summed E-state index contributed by atoms with van der Waals surface area (Å²) in [5.41, 5.74) is 7.09. The van der Waals surface area contributed by atoms with E-state index in [-0.39, 0.29) is 0 Å². The molecule has 1 heterocycles. The molecular weight excluding hydrogens is 214 g/mol. The molecule has 84 valence electrons. The van der Waals surface area contributed by atoms with E-state index in [4.69, 9.17) is 15.7 Å². The maximum absolute atomic E-state index is 8.55. The van der Waals surface area contributed by atoms with E-state index in [1.807, 2.05) is 24.3 Å². The Bertz CT molecular complexity index is 526. The summed E-state index contributed by atoms with van der Waals surface area (Å²) in [6, 6.07) is 12.9. The maximum Gasteiger partial charge on any atom is 0.219 e. The van der Waals surface area contributed by atoms with Gasteiger partial charge in [-0.2, -0.15) is 5.26 Å². The van der Waals surface area contributed by atoms with Gasteiger partial charge in [-0.1, -0.05) is 12.1 Å². The van der Waals surface area contributed by atoms with Crippen molar-refractivity contribution < 1.29 is 4.74 Å². The van der Waals surface area contributed by atoms with Crippen LogP contribution in [0.1, 0.15) is 5.56 Å². The molecular formula is C13H11N3O. The van der Waals surface area contributed by atoms with Gasteiger partial charge in [0.25, 0.3) is 0 Å². The van der Waals surface area contributed by atoms with E-state index in [1.54, 1.807) is 18.3 Å². The van der Waals surface area contributed by atoms with Gasteiger partial charge in [-0.25, -0.2) is 4.98 Å². The van der Waals surface area contributed by atoms with Crippen molar-refractivity contribution in [3.8, 4) is 17.7 Å². The Balaban J connectivity index is 2.09. The van der Waals surface area contributed by atoms with Crippen molar-refractivity contribution in [2.45, 2.75) is 6.42 Å². The SMILES string of the molecule is N#CCc1ccc(Oc2ccc(N)cn2)cc1. The first kappa shape index (κ1) is 11.0. The van der Waals surface area contributed by atoms with Crippen LogP contribution in [0.2, 0.25) is 0 Å². The minimum Gasteiger partial charge on any atom is -0.439 e. The number of nitrogens with zero attached hydrogens (tertiary/aromatic N) is 2. The number of anilines is 1. The molecule has 0 amide bonds. The monoisotopic (exact) mass is 225 g/mol. The van der Waals surface area contributed by atoms with Crippen molar-refractivity contribution in [3.05, 3.63) is 48.2 Å². The third kappa shape index (κ3) is 2.95. The minimum absolute atomic E-state index is 0.403. The Labute approximate surface area is 99.3 Å². The van der Waals surface area contributed by atoms with E-state index in [2.05, 4.69) is 11.1 Å². The van der Waals surface area contributed by atoms with Crippen molar-refractivity contribution in [1.82, 2.24) is 4.98 Å². The molecule has 0 fully saturated rings. The predicted molar refractivity (Wildman–Crippen MR) is 64.5 cm³/mol. The number of hydrogen-bond acceptors (Lipinski definition) is 4. The summed E-state index contributed by atoms with van der Waals surface area (Å²) in [6.07, 6.45) is 1.94. The van der Waals surface area contributed by atoms with Gasteiger partial charge in [0, 0.05) is 6.07 Å². The second kappa shape index (κ2) is 4.99. The van der Waals surface area contributed by atoms with E-state index in [0.29, 0.717) is 23.7 Å². The normalized spacial score (nSPS) is 9.59. The zero-order valence-corrected chi connectivity index (χ0v) is 9.13. The second-order valence-corrected chi connectivity index (χ2v) is 3.51. The standard InChI is InChI=1S/C13H11N3O/c14-8-7-10-1-4-12(5-2-10)17-13-6-3-11(15)9-16-13/h1-6,9H,7,15H2. The molecule has 4 nitrogen and oxygen atoms in total. The highest BCUT2D eigenvalue weighted by Gasteiger charge is 1.98. The third-order valence-corrected chi connectivity index (χ3v) is 2.19. The lowest BCUT2D eigenvalue weighted by Gasteiger charge is -2.04. The molecule has 17 heavy (non-hydrogen) atoms. The Morgan fingerprint density at radius 1 is 1.18 bits per heavy atom. The van der Waals surface area contributed by atoms with Crippen molar-refractivity contribution in [2.24, 2.45) is 0 Å². The molecule has 4 heteroatoms. The van der Waals surface area contributed by atoms with Gasteiger partial charge in [0.15, 0.2) is 0 Å². The van der Waals surface area contributed by atoms with Gasteiger partial charge in [-0.3, -0.25) is 0 Å². The van der Waals surface area contributed by atoms with Gasteiger partial charge in [-0.05, 0) is 23.8 Å². The van der Waals surface area contributed by atoms with Crippen LogP contribution >= 0.6 is 0 Å². The first-order valence-corrected chi connectivity index (χ1v) is 5.13. The highest BCUT2D eigenvalue weighted by Crippen LogP contribution is 2.20. The molecule has 0 unspecified atom stereocenters. The number of rotatable bonds is 3. The van der Waals surface area contributed by atoms with E-state index in [9.17, 15) is 0 Å². The van der Waals surface area contributed by atoms with E-state index < -0.39 is 0 Å². The predicted octanol–water partition coefficient (Wildman–Crippen LogP) is 2.52. The fraction of sp³-hybridized carbons (Fsp3) is 0.0769. The molecule has 0 spiro atoms. The molecule has 1 aromatic heterocycles. The molecule has 0 saturated heterocycles. The zero-order chi connectivity index (χ0) is 12.1. The van der Waals surface area contributed by atoms with Crippen LogP contribution in [-0.4, -0.2) is 4.98 Å². The maximum atomic E-state index is 8.55. The van der Waals surface area contributed by atoms with Crippen LogP contribution in [0.5, 0.6) is 11.6 Å². The van der Waals surface area contributed by atoms with E-state index >= 15 is 0 Å². The quantitative estimate of drug-likeness (QED) is 0.871. The third-order valence-electron chi connectivity index (χ3n) is 2.19. The molecule has 2 rings (SSSR count). The Kier molecular flexibility index (Phi) is 3.22. The van der Waals surface area contributed by atoms with E-state index in [0.717, 1.165) is 5.56 Å². The average molecular weight is 225 g/mol. The second-order valence-electron chi connectivity index (χ2n) is 3.51. The number of ether oxygens (including phenoxy) is 1. The summed E-state index contributed by atoms with van der Waals surface area (Å²) in [5.74, 6) is 1.18. The van der Waals surface area contributed by atoms with Crippen molar-refractivity contribution in [3.63, 3.8) is 0 Å². The molecule has 0 aliphatic heterocycles. The van der Waals surface area contributed by atoms with Gasteiger partial charge < -0.3 is 10.5 Å². The van der Waals surface area contributed by atoms with Gasteiger partial charge in [-0.15, -0.1) is 0 Å². The first-order chi connectivity index (χ1) is 8.28. The molecule has 0 atom stereocenters. The number of pyridine rings is 1. The number of nitrogen functional groups attached to an aromatic ring is 1. The number of hydrogen-bond donors (Lipinski definition) is 1. The molecule has 2 aromatic rings. The van der Waals surface area contributed by atoms with Gasteiger partial charge in [0.05, 0.1) is 24.4 Å². The lowest BCUT2D eigenvalue weighted by Crippen LogP contribution is -1.90. The number of aromatic nitrogens is 1. The number of benzene rings is 1. The lowest BCUT2D eigenvalue weighted by atomic mass is 10.2. The molecule has 0 bridgehead atoms. The van der Waals surface area contributed by atoms with Crippen LogP contribution in [0, 0.1) is 11.3 Å².